The Labute approximate surface area is 101 Å². The van der Waals surface area contributed by atoms with Gasteiger partial charge in [-0.25, -0.2) is 0 Å². The summed E-state index contributed by atoms with van der Waals surface area (Å²) in [5.74, 6) is -0.0937. The summed E-state index contributed by atoms with van der Waals surface area (Å²) in [6.07, 6.45) is 1.56. The average molecular weight is 256 g/mol. The van der Waals surface area contributed by atoms with Gasteiger partial charge in [-0.2, -0.15) is 8.42 Å². The summed E-state index contributed by atoms with van der Waals surface area (Å²) in [5, 5.41) is 0. The lowest BCUT2D eigenvalue weighted by Crippen LogP contribution is -2.35. The molecule has 1 N–H and O–H groups in total. The Morgan fingerprint density at radius 2 is 1.88 bits per heavy atom. The van der Waals surface area contributed by atoms with Crippen LogP contribution in [0.25, 0.3) is 0 Å². The van der Waals surface area contributed by atoms with E-state index in [1.807, 2.05) is 30.3 Å². The van der Waals surface area contributed by atoms with Gasteiger partial charge in [-0.1, -0.05) is 30.3 Å². The molecule has 1 aromatic carbocycles. The van der Waals surface area contributed by atoms with Crippen molar-refractivity contribution in [2.75, 3.05) is 5.75 Å². The van der Waals surface area contributed by atoms with Gasteiger partial charge >= 0.3 is 0 Å². The molecule has 4 nitrogen and oxygen atoms in total. The first-order valence-corrected chi connectivity index (χ1v) is 7.24. The van der Waals surface area contributed by atoms with Crippen LogP contribution in [0.4, 0.5) is 0 Å². The lowest BCUT2D eigenvalue weighted by atomic mass is 9.84. The SMILES string of the molecule is O=S(=O)(O)C[C@H]1C[C@@H](OCc2ccccc2)C1. The molecule has 5 heteroatoms. The standard InChI is InChI=1S/C12H16O4S/c13-17(14,15)9-11-6-12(7-11)16-8-10-4-2-1-3-5-10/h1-5,11-12H,6-9H2,(H,13,14,15)/t11-,12+. The Morgan fingerprint density at radius 1 is 1.24 bits per heavy atom. The quantitative estimate of drug-likeness (QED) is 0.817. The van der Waals surface area contributed by atoms with Crippen molar-refractivity contribution in [2.45, 2.75) is 25.6 Å². The monoisotopic (exact) mass is 256 g/mol. The molecule has 0 atom stereocenters. The van der Waals surface area contributed by atoms with E-state index in [4.69, 9.17) is 9.29 Å². The molecule has 1 aliphatic rings. The minimum Gasteiger partial charge on any atom is -0.374 e. The fourth-order valence-corrected chi connectivity index (χ4v) is 2.90. The van der Waals surface area contributed by atoms with Crippen molar-refractivity contribution in [1.29, 1.82) is 0 Å². The van der Waals surface area contributed by atoms with Gasteiger partial charge in [0.25, 0.3) is 10.1 Å². The lowest BCUT2D eigenvalue weighted by molar-refractivity contribution is -0.0346. The van der Waals surface area contributed by atoms with Crippen molar-refractivity contribution in [3.63, 3.8) is 0 Å². The first-order valence-electron chi connectivity index (χ1n) is 5.63. The van der Waals surface area contributed by atoms with Gasteiger partial charge in [-0.15, -0.1) is 0 Å². The molecule has 0 bridgehead atoms. The minimum absolute atomic E-state index is 0.0470. The van der Waals surface area contributed by atoms with Crippen LogP contribution >= 0.6 is 0 Å². The van der Waals surface area contributed by atoms with Crippen LogP contribution in [0.5, 0.6) is 0 Å². The lowest BCUT2D eigenvalue weighted by Gasteiger charge is -2.34. The van der Waals surface area contributed by atoms with E-state index in [-0.39, 0.29) is 17.8 Å². The van der Waals surface area contributed by atoms with Gasteiger partial charge in [-0.05, 0) is 24.3 Å². The van der Waals surface area contributed by atoms with Crippen LogP contribution in [0.15, 0.2) is 30.3 Å². The van der Waals surface area contributed by atoms with E-state index in [1.165, 1.54) is 0 Å². The fourth-order valence-electron chi connectivity index (χ4n) is 2.03. The zero-order valence-electron chi connectivity index (χ0n) is 9.45. The topological polar surface area (TPSA) is 63.6 Å². The number of ether oxygens (including phenoxy) is 1. The third kappa shape index (κ3) is 4.11. The molecule has 0 spiro atoms. The molecule has 0 aromatic heterocycles. The number of rotatable bonds is 5. The summed E-state index contributed by atoms with van der Waals surface area (Å²) in [7, 11) is -3.83. The van der Waals surface area contributed by atoms with Crippen LogP contribution in [-0.2, 0) is 21.5 Å². The maximum Gasteiger partial charge on any atom is 0.265 e. The molecule has 0 saturated heterocycles. The largest absolute Gasteiger partial charge is 0.374 e. The molecular formula is C12H16O4S. The highest BCUT2D eigenvalue weighted by Crippen LogP contribution is 2.31. The fraction of sp³-hybridized carbons (Fsp3) is 0.500. The molecule has 94 valence electrons. The molecule has 0 aliphatic heterocycles. The predicted octanol–water partition coefficient (Wildman–Crippen LogP) is 1.87. The molecule has 0 amide bonds. The van der Waals surface area contributed by atoms with Gasteiger partial charge in [0.1, 0.15) is 0 Å². The first kappa shape index (κ1) is 12.5. The highest BCUT2D eigenvalue weighted by molar-refractivity contribution is 7.85. The number of benzene rings is 1. The summed E-state index contributed by atoms with van der Waals surface area (Å²) in [6, 6.07) is 9.86. The zero-order valence-corrected chi connectivity index (χ0v) is 10.3. The van der Waals surface area contributed by atoms with Crippen molar-refractivity contribution in [3.05, 3.63) is 35.9 Å². The second-order valence-corrected chi connectivity index (χ2v) is 6.00. The van der Waals surface area contributed by atoms with Gasteiger partial charge in [0.15, 0.2) is 0 Å². The summed E-state index contributed by atoms with van der Waals surface area (Å²) < 4.78 is 35.6. The van der Waals surface area contributed by atoms with Gasteiger partial charge in [0, 0.05) is 0 Å². The third-order valence-electron chi connectivity index (χ3n) is 2.97. The Kier molecular flexibility index (Phi) is 3.81. The van der Waals surface area contributed by atoms with Crippen LogP contribution in [0.3, 0.4) is 0 Å². The van der Waals surface area contributed by atoms with Crippen molar-refractivity contribution < 1.29 is 17.7 Å². The average Bonchev–Trinajstić information content (AvgIpc) is 2.21. The molecule has 0 radical (unpaired) electrons. The molecule has 0 heterocycles. The van der Waals surface area contributed by atoms with Crippen LogP contribution in [0.1, 0.15) is 18.4 Å². The van der Waals surface area contributed by atoms with E-state index in [1.54, 1.807) is 0 Å². The van der Waals surface area contributed by atoms with Crippen molar-refractivity contribution in [2.24, 2.45) is 5.92 Å². The van der Waals surface area contributed by atoms with Crippen molar-refractivity contribution in [1.82, 2.24) is 0 Å². The Balaban J connectivity index is 1.68. The van der Waals surface area contributed by atoms with E-state index in [0.717, 1.165) is 5.56 Å². The van der Waals surface area contributed by atoms with E-state index in [0.29, 0.717) is 19.4 Å². The van der Waals surface area contributed by atoms with Crippen LogP contribution in [0.2, 0.25) is 0 Å². The molecule has 1 saturated carbocycles. The molecule has 1 aromatic rings. The normalized spacial score (nSPS) is 24.3. The van der Waals surface area contributed by atoms with Gasteiger partial charge < -0.3 is 4.74 Å². The molecule has 17 heavy (non-hydrogen) atoms. The summed E-state index contributed by atoms with van der Waals surface area (Å²) in [5.41, 5.74) is 1.12. The Hall–Kier alpha value is -0.910. The highest BCUT2D eigenvalue weighted by Gasteiger charge is 2.32. The summed E-state index contributed by atoms with van der Waals surface area (Å²) >= 11 is 0. The van der Waals surface area contributed by atoms with Gasteiger partial charge in [-0.3, -0.25) is 4.55 Å². The first-order chi connectivity index (χ1) is 8.03. The number of hydrogen-bond donors (Lipinski definition) is 1. The van der Waals surface area contributed by atoms with Crippen molar-refractivity contribution in [3.8, 4) is 0 Å². The Bertz CT molecular complexity index is 449. The summed E-state index contributed by atoms with van der Waals surface area (Å²) in [4.78, 5) is 0. The highest BCUT2D eigenvalue weighted by atomic mass is 32.2. The maximum atomic E-state index is 10.6. The van der Waals surface area contributed by atoms with Gasteiger partial charge in [0.05, 0.1) is 18.5 Å². The minimum atomic E-state index is -3.83. The molecule has 1 fully saturated rings. The van der Waals surface area contributed by atoms with E-state index in [2.05, 4.69) is 0 Å². The second kappa shape index (κ2) is 5.16. The van der Waals surface area contributed by atoms with Crippen LogP contribution < -0.4 is 0 Å². The Morgan fingerprint density at radius 3 is 2.47 bits per heavy atom. The van der Waals surface area contributed by atoms with Crippen LogP contribution in [-0.4, -0.2) is 24.8 Å². The van der Waals surface area contributed by atoms with Crippen LogP contribution in [0, 0.1) is 5.92 Å². The van der Waals surface area contributed by atoms with E-state index in [9.17, 15) is 8.42 Å². The molecule has 0 unspecified atom stereocenters. The van der Waals surface area contributed by atoms with E-state index >= 15 is 0 Å². The maximum absolute atomic E-state index is 10.6. The zero-order chi connectivity index (χ0) is 12.3. The predicted molar refractivity (Wildman–Crippen MR) is 64.2 cm³/mol. The number of hydrogen-bond acceptors (Lipinski definition) is 3. The van der Waals surface area contributed by atoms with E-state index < -0.39 is 10.1 Å². The third-order valence-corrected chi connectivity index (χ3v) is 3.86. The van der Waals surface area contributed by atoms with Gasteiger partial charge in [0.2, 0.25) is 0 Å². The smallest absolute Gasteiger partial charge is 0.265 e. The second-order valence-electron chi connectivity index (χ2n) is 4.50. The van der Waals surface area contributed by atoms with Crippen molar-refractivity contribution >= 4 is 10.1 Å². The summed E-state index contributed by atoms with van der Waals surface area (Å²) in [6.45, 7) is 0.560. The molecule has 2 rings (SSSR count). The molecular weight excluding hydrogens is 240 g/mol. The molecule has 1 aliphatic carbocycles.